The Bertz CT molecular complexity index is 787. The van der Waals surface area contributed by atoms with E-state index in [1.165, 1.54) is 0 Å². The number of fused-ring (bicyclic) bond motifs is 1. The summed E-state index contributed by atoms with van der Waals surface area (Å²) in [4.78, 5) is 37.2. The number of ketones is 2. The molecule has 4 rings (SSSR count). The summed E-state index contributed by atoms with van der Waals surface area (Å²) in [6, 6.07) is 15.7. The second-order valence-electron chi connectivity index (χ2n) is 6.07. The second kappa shape index (κ2) is 4.88. The molecule has 2 aromatic carbocycles. The lowest BCUT2D eigenvalue weighted by atomic mass is 9.96. The molecule has 0 radical (unpaired) electrons. The third-order valence-electron chi connectivity index (χ3n) is 4.72. The van der Waals surface area contributed by atoms with Crippen LogP contribution < -0.4 is 4.74 Å². The van der Waals surface area contributed by atoms with Gasteiger partial charge in [-0.05, 0) is 24.5 Å². The number of ether oxygens (including phenoxy) is 1. The maximum atomic E-state index is 12.6. The molecule has 4 heteroatoms. The van der Waals surface area contributed by atoms with Gasteiger partial charge in [0.2, 0.25) is 0 Å². The normalized spacial score (nSPS) is 20.4. The quantitative estimate of drug-likeness (QED) is 0.497. The Labute approximate surface area is 133 Å². The molecule has 0 aromatic heterocycles. The van der Waals surface area contributed by atoms with E-state index in [-0.39, 0.29) is 23.9 Å². The van der Waals surface area contributed by atoms with E-state index in [1.807, 2.05) is 6.07 Å². The molecule has 0 heterocycles. The van der Waals surface area contributed by atoms with Crippen LogP contribution in [0.25, 0.3) is 0 Å². The van der Waals surface area contributed by atoms with Gasteiger partial charge in [0.25, 0.3) is 0 Å². The van der Waals surface area contributed by atoms with Crippen LogP contribution in [0.5, 0.6) is 5.75 Å². The number of carbonyl (C=O) groups is 3. The average Bonchev–Trinajstić information content (AvgIpc) is 3.24. The maximum absolute atomic E-state index is 12.6. The first-order chi connectivity index (χ1) is 11.1. The van der Waals surface area contributed by atoms with Crippen LogP contribution in [0.2, 0.25) is 0 Å². The Morgan fingerprint density at radius 1 is 0.957 bits per heavy atom. The van der Waals surface area contributed by atoms with Gasteiger partial charge in [0.05, 0.1) is 6.42 Å². The molecule has 0 saturated heterocycles. The lowest BCUT2D eigenvalue weighted by molar-refractivity contribution is -0.134. The van der Waals surface area contributed by atoms with Crippen LogP contribution in [0.1, 0.15) is 33.6 Å². The summed E-state index contributed by atoms with van der Waals surface area (Å²) in [7, 11) is 0. The van der Waals surface area contributed by atoms with Crippen molar-refractivity contribution in [3.8, 4) is 5.75 Å². The van der Waals surface area contributed by atoms with Crippen LogP contribution in [0.15, 0.2) is 54.6 Å². The molecule has 0 amide bonds. The number of esters is 1. The number of hydrogen-bond acceptors (Lipinski definition) is 4. The summed E-state index contributed by atoms with van der Waals surface area (Å²) in [5.41, 5.74) is -0.0489. The fraction of sp³-hybridized carbons (Fsp3) is 0.211. The number of Topliss-reactive ketones (excluding diaryl/α,β-unsaturated/α-hetero) is 2. The highest BCUT2D eigenvalue weighted by Crippen LogP contribution is 2.61. The van der Waals surface area contributed by atoms with Crippen LogP contribution >= 0.6 is 0 Å². The average molecular weight is 306 g/mol. The Hall–Kier alpha value is -2.75. The van der Waals surface area contributed by atoms with Gasteiger partial charge >= 0.3 is 5.97 Å². The third-order valence-corrected chi connectivity index (χ3v) is 4.72. The van der Waals surface area contributed by atoms with Crippen LogP contribution in [0.3, 0.4) is 0 Å². The molecule has 1 saturated carbocycles. The van der Waals surface area contributed by atoms with Crippen LogP contribution in [-0.4, -0.2) is 17.5 Å². The molecule has 0 aliphatic heterocycles. The highest BCUT2D eigenvalue weighted by Gasteiger charge is 2.68. The highest BCUT2D eigenvalue weighted by molar-refractivity contribution is 6.31. The number of rotatable bonds is 3. The smallest absolute Gasteiger partial charge is 0.311 e. The van der Waals surface area contributed by atoms with Crippen molar-refractivity contribution in [3.05, 3.63) is 65.7 Å². The lowest BCUT2D eigenvalue weighted by Crippen LogP contribution is -2.21. The third kappa shape index (κ3) is 2.02. The molecule has 1 unspecified atom stereocenters. The van der Waals surface area contributed by atoms with Gasteiger partial charge in [-0.1, -0.05) is 42.5 Å². The molecule has 114 valence electrons. The standard InChI is InChI=1S/C19H14O4/c20-16(23-13-6-2-1-3-7-13)10-12-11-19(12)17(21)14-8-4-5-9-15(14)18(19)22/h1-9,12H,10-11H2. The van der Waals surface area contributed by atoms with E-state index < -0.39 is 11.4 Å². The van der Waals surface area contributed by atoms with Crippen molar-refractivity contribution in [3.63, 3.8) is 0 Å². The van der Waals surface area contributed by atoms with Gasteiger partial charge in [0.1, 0.15) is 11.2 Å². The molecule has 0 bridgehead atoms. The topological polar surface area (TPSA) is 60.4 Å². The van der Waals surface area contributed by atoms with E-state index in [0.717, 1.165) is 0 Å². The van der Waals surface area contributed by atoms with Gasteiger partial charge in [0, 0.05) is 11.1 Å². The van der Waals surface area contributed by atoms with Gasteiger partial charge in [-0.2, -0.15) is 0 Å². The first-order valence-electron chi connectivity index (χ1n) is 7.57. The number of benzene rings is 2. The molecule has 1 spiro atoms. The molecule has 0 N–H and O–H groups in total. The van der Waals surface area contributed by atoms with Crippen molar-refractivity contribution in [2.75, 3.05) is 0 Å². The van der Waals surface area contributed by atoms with Gasteiger partial charge < -0.3 is 4.74 Å². The summed E-state index contributed by atoms with van der Waals surface area (Å²) >= 11 is 0. The Balaban J connectivity index is 1.49. The van der Waals surface area contributed by atoms with Crippen molar-refractivity contribution in [1.82, 2.24) is 0 Å². The van der Waals surface area contributed by atoms with E-state index in [9.17, 15) is 14.4 Å². The first-order valence-corrected chi connectivity index (χ1v) is 7.57. The van der Waals surface area contributed by atoms with Crippen LogP contribution in [0, 0.1) is 11.3 Å². The van der Waals surface area contributed by atoms with E-state index in [2.05, 4.69) is 0 Å². The predicted molar refractivity (Wildman–Crippen MR) is 82.3 cm³/mol. The first kappa shape index (κ1) is 13.9. The van der Waals surface area contributed by atoms with E-state index in [0.29, 0.717) is 23.3 Å². The van der Waals surface area contributed by atoms with Gasteiger partial charge in [-0.15, -0.1) is 0 Å². The largest absolute Gasteiger partial charge is 0.427 e. The van der Waals surface area contributed by atoms with Gasteiger partial charge in [-0.3, -0.25) is 14.4 Å². The fourth-order valence-electron chi connectivity index (χ4n) is 3.46. The Kier molecular flexibility index (Phi) is 2.94. The zero-order valence-electron chi connectivity index (χ0n) is 12.3. The molecule has 4 nitrogen and oxygen atoms in total. The van der Waals surface area contributed by atoms with Crippen LogP contribution in [0.4, 0.5) is 0 Å². The minimum absolute atomic E-state index is 0.0837. The second-order valence-corrected chi connectivity index (χ2v) is 6.07. The summed E-state index contributed by atoms with van der Waals surface area (Å²) < 4.78 is 5.25. The van der Waals surface area contributed by atoms with Crippen molar-refractivity contribution in [2.24, 2.45) is 11.3 Å². The summed E-state index contributed by atoms with van der Waals surface area (Å²) in [5.74, 6) is -0.480. The fourth-order valence-corrected chi connectivity index (χ4v) is 3.46. The Morgan fingerprint density at radius 3 is 2.13 bits per heavy atom. The van der Waals surface area contributed by atoms with Crippen molar-refractivity contribution in [1.29, 1.82) is 0 Å². The SMILES string of the molecule is O=C(CC1CC12C(=O)c1ccccc1C2=O)Oc1ccccc1. The molecule has 1 atom stereocenters. The molecule has 1 fully saturated rings. The number of hydrogen-bond donors (Lipinski definition) is 0. The highest BCUT2D eigenvalue weighted by atomic mass is 16.5. The van der Waals surface area contributed by atoms with Crippen LogP contribution in [-0.2, 0) is 4.79 Å². The molecule has 23 heavy (non-hydrogen) atoms. The molecular formula is C19H14O4. The lowest BCUT2D eigenvalue weighted by Gasteiger charge is -2.06. The van der Waals surface area contributed by atoms with E-state index in [1.54, 1.807) is 48.5 Å². The van der Waals surface area contributed by atoms with Gasteiger partial charge in [0.15, 0.2) is 11.6 Å². The van der Waals surface area contributed by atoms with E-state index >= 15 is 0 Å². The molecule has 2 aromatic rings. The Morgan fingerprint density at radius 2 is 1.52 bits per heavy atom. The van der Waals surface area contributed by atoms with Crippen molar-refractivity contribution in [2.45, 2.75) is 12.8 Å². The number of para-hydroxylation sites is 1. The van der Waals surface area contributed by atoms with Crippen molar-refractivity contribution >= 4 is 17.5 Å². The van der Waals surface area contributed by atoms with Crippen molar-refractivity contribution < 1.29 is 19.1 Å². The van der Waals surface area contributed by atoms with Gasteiger partial charge in [-0.25, -0.2) is 0 Å². The van der Waals surface area contributed by atoms with E-state index in [4.69, 9.17) is 4.74 Å². The summed E-state index contributed by atoms with van der Waals surface area (Å²) in [6.45, 7) is 0. The number of carbonyl (C=O) groups excluding carboxylic acids is 3. The zero-order chi connectivity index (χ0) is 16.0. The minimum Gasteiger partial charge on any atom is -0.427 e. The predicted octanol–water partition coefficient (Wildman–Crippen LogP) is 3.07. The molecule has 2 aliphatic carbocycles. The molecular weight excluding hydrogens is 292 g/mol. The monoisotopic (exact) mass is 306 g/mol. The molecule has 2 aliphatic rings. The zero-order valence-corrected chi connectivity index (χ0v) is 12.3. The summed E-state index contributed by atoms with van der Waals surface area (Å²) in [5, 5.41) is 0. The summed E-state index contributed by atoms with van der Waals surface area (Å²) in [6.07, 6.45) is 0.517. The minimum atomic E-state index is -1.01. The maximum Gasteiger partial charge on any atom is 0.311 e.